The first kappa shape index (κ1) is 26.1. The molecule has 2 aromatic carbocycles. The molecule has 0 aliphatic rings. The van der Waals surface area contributed by atoms with Crippen LogP contribution in [0.5, 0.6) is 23.0 Å². The van der Waals surface area contributed by atoms with Crippen molar-refractivity contribution in [3.8, 4) is 34.5 Å². The summed E-state index contributed by atoms with van der Waals surface area (Å²) in [5.74, 6) is 3.07. The van der Waals surface area contributed by atoms with Gasteiger partial charge < -0.3 is 28.7 Å². The zero-order chi connectivity index (χ0) is 25.4. The van der Waals surface area contributed by atoms with Gasteiger partial charge in [-0.2, -0.15) is 0 Å². The zero-order valence-electron chi connectivity index (χ0n) is 20.5. The lowest BCUT2D eigenvalue weighted by atomic mass is 10.1. The fourth-order valence-electron chi connectivity index (χ4n) is 3.44. The third kappa shape index (κ3) is 6.75. The van der Waals surface area contributed by atoms with Gasteiger partial charge in [0.05, 0.1) is 39.9 Å². The number of oxazole rings is 1. The molecule has 0 aliphatic heterocycles. The second-order valence-electron chi connectivity index (χ2n) is 7.61. The fourth-order valence-corrected chi connectivity index (χ4v) is 4.51. The third-order valence-electron chi connectivity index (χ3n) is 5.30. The van der Waals surface area contributed by atoms with Crippen molar-refractivity contribution in [2.75, 3.05) is 40.7 Å². The van der Waals surface area contributed by atoms with Crippen LogP contribution in [0.1, 0.15) is 17.0 Å². The van der Waals surface area contributed by atoms with Crippen molar-refractivity contribution in [2.24, 2.45) is 0 Å². The van der Waals surface area contributed by atoms with Crippen LogP contribution in [0.2, 0.25) is 0 Å². The maximum Gasteiger partial charge on any atom is 0.232 e. The summed E-state index contributed by atoms with van der Waals surface area (Å²) in [7, 11) is 4.83. The highest BCUT2D eigenvalue weighted by Crippen LogP contribution is 2.33. The summed E-state index contributed by atoms with van der Waals surface area (Å²) in [5, 5.41) is 2.81. The number of nitrogens with one attached hydrogen (secondary N) is 1. The number of rotatable bonds is 12. The highest BCUT2D eigenvalue weighted by Gasteiger charge is 2.17. The number of carbonyl (C=O) groups excluding carboxylic acids is 1. The number of methoxy groups -OCH3 is 4. The molecule has 0 radical (unpaired) electrons. The summed E-state index contributed by atoms with van der Waals surface area (Å²) >= 11 is 0. The minimum atomic E-state index is -1.44. The van der Waals surface area contributed by atoms with E-state index in [9.17, 15) is 9.00 Å². The van der Waals surface area contributed by atoms with E-state index < -0.39 is 10.8 Å². The van der Waals surface area contributed by atoms with E-state index in [0.717, 1.165) is 5.56 Å². The van der Waals surface area contributed by atoms with Crippen molar-refractivity contribution >= 4 is 16.7 Å². The minimum absolute atomic E-state index is 0.117. The van der Waals surface area contributed by atoms with Gasteiger partial charge in [0, 0.05) is 22.9 Å². The van der Waals surface area contributed by atoms with E-state index in [4.69, 9.17) is 23.4 Å². The van der Waals surface area contributed by atoms with Crippen molar-refractivity contribution in [3.63, 3.8) is 0 Å². The second kappa shape index (κ2) is 12.3. The molecule has 1 amide bonds. The first-order valence-corrected chi connectivity index (χ1v) is 12.4. The number of hydrogen-bond donors (Lipinski definition) is 1. The largest absolute Gasteiger partial charge is 0.493 e. The number of ether oxygens (including phenoxy) is 4. The Bertz CT molecular complexity index is 1190. The van der Waals surface area contributed by atoms with Crippen molar-refractivity contribution in [1.82, 2.24) is 10.3 Å². The topological polar surface area (TPSA) is 109 Å². The maximum absolute atomic E-state index is 12.6. The molecular weight excluding hydrogens is 472 g/mol. The predicted molar refractivity (Wildman–Crippen MR) is 133 cm³/mol. The van der Waals surface area contributed by atoms with Crippen LogP contribution >= 0.6 is 0 Å². The van der Waals surface area contributed by atoms with Gasteiger partial charge in [0.15, 0.2) is 23.0 Å². The summed E-state index contributed by atoms with van der Waals surface area (Å²) < 4.78 is 39.5. The molecule has 9 nitrogen and oxygen atoms in total. The second-order valence-corrected chi connectivity index (χ2v) is 9.07. The highest BCUT2D eigenvalue weighted by molar-refractivity contribution is 7.84. The Kier molecular flexibility index (Phi) is 9.13. The molecule has 1 atom stereocenters. The van der Waals surface area contributed by atoms with E-state index in [2.05, 4.69) is 10.3 Å². The summed E-state index contributed by atoms with van der Waals surface area (Å²) in [5.41, 5.74) is 2.24. The first-order valence-electron chi connectivity index (χ1n) is 10.9. The number of carbonyl (C=O) groups is 1. The zero-order valence-corrected chi connectivity index (χ0v) is 21.3. The Hall–Kier alpha value is -3.53. The van der Waals surface area contributed by atoms with E-state index >= 15 is 0 Å². The molecule has 1 heterocycles. The molecule has 0 aliphatic carbocycles. The van der Waals surface area contributed by atoms with Gasteiger partial charge in [0.2, 0.25) is 11.8 Å². The lowest BCUT2D eigenvalue weighted by Crippen LogP contribution is -2.30. The highest BCUT2D eigenvalue weighted by atomic mass is 32.2. The molecule has 0 bridgehead atoms. The van der Waals surface area contributed by atoms with Crippen LogP contribution in [-0.4, -0.2) is 55.8 Å². The van der Waals surface area contributed by atoms with E-state index in [-0.39, 0.29) is 17.4 Å². The van der Waals surface area contributed by atoms with E-state index in [1.807, 2.05) is 18.2 Å². The van der Waals surface area contributed by atoms with E-state index in [1.165, 1.54) is 0 Å². The summed E-state index contributed by atoms with van der Waals surface area (Å²) in [4.78, 5) is 16.8. The predicted octanol–water partition coefficient (Wildman–Crippen LogP) is 3.29. The van der Waals surface area contributed by atoms with Gasteiger partial charge in [-0.05, 0) is 49.2 Å². The molecule has 3 aromatic rings. The van der Waals surface area contributed by atoms with Crippen LogP contribution in [0, 0.1) is 6.92 Å². The molecule has 3 rings (SSSR count). The summed E-state index contributed by atoms with van der Waals surface area (Å²) in [6.07, 6.45) is 0.607. The van der Waals surface area contributed by atoms with Crippen molar-refractivity contribution < 1.29 is 32.4 Å². The number of hydrogen-bond acceptors (Lipinski definition) is 8. The standard InChI is InChI=1S/C25H30N2O7S/c1-16-19(27-25(34-16)18-7-9-21(31-3)23(13-18)33-5)14-35(29)15-24(28)26-11-10-17-6-8-20(30-2)22(12-17)32-4/h6-9,12-13H,10-11,14-15H2,1-5H3,(H,26,28). The van der Waals surface area contributed by atoms with Crippen LogP contribution in [-0.2, 0) is 27.8 Å². The van der Waals surface area contributed by atoms with Crippen LogP contribution in [0.4, 0.5) is 0 Å². The Balaban J connectivity index is 1.53. The van der Waals surface area contributed by atoms with E-state index in [0.29, 0.717) is 58.9 Å². The van der Waals surface area contributed by atoms with Crippen molar-refractivity contribution in [3.05, 3.63) is 53.4 Å². The van der Waals surface area contributed by atoms with E-state index in [1.54, 1.807) is 53.6 Å². The number of aryl methyl sites for hydroxylation is 1. The molecule has 0 spiro atoms. The molecular formula is C25H30N2O7S. The monoisotopic (exact) mass is 502 g/mol. The van der Waals surface area contributed by atoms with Crippen LogP contribution < -0.4 is 24.3 Å². The lowest BCUT2D eigenvalue weighted by Gasteiger charge is -2.10. The normalized spacial score (nSPS) is 11.6. The van der Waals surface area contributed by atoms with Gasteiger partial charge in [-0.15, -0.1) is 0 Å². The molecule has 0 saturated heterocycles. The number of aromatic nitrogens is 1. The Morgan fingerprint density at radius 2 is 1.57 bits per heavy atom. The van der Waals surface area contributed by atoms with Gasteiger partial charge in [-0.1, -0.05) is 6.07 Å². The molecule has 1 aromatic heterocycles. The average Bonchev–Trinajstić information content (AvgIpc) is 3.22. The first-order chi connectivity index (χ1) is 16.9. The molecule has 10 heteroatoms. The van der Waals surface area contributed by atoms with Crippen LogP contribution in [0.3, 0.4) is 0 Å². The Morgan fingerprint density at radius 1 is 0.943 bits per heavy atom. The van der Waals surface area contributed by atoms with Crippen molar-refractivity contribution in [1.29, 1.82) is 0 Å². The van der Waals surface area contributed by atoms with Gasteiger partial charge in [-0.3, -0.25) is 9.00 Å². The Morgan fingerprint density at radius 3 is 2.23 bits per heavy atom. The molecule has 0 saturated carbocycles. The minimum Gasteiger partial charge on any atom is -0.493 e. The van der Waals surface area contributed by atoms with Gasteiger partial charge >= 0.3 is 0 Å². The maximum atomic E-state index is 12.6. The quantitative estimate of drug-likeness (QED) is 0.402. The third-order valence-corrected chi connectivity index (χ3v) is 6.48. The molecule has 35 heavy (non-hydrogen) atoms. The average molecular weight is 503 g/mol. The number of nitrogens with zero attached hydrogens (tertiary/aromatic N) is 1. The molecule has 0 fully saturated rings. The number of amides is 1. The van der Waals surface area contributed by atoms with Gasteiger partial charge in [-0.25, -0.2) is 4.98 Å². The van der Waals surface area contributed by atoms with Crippen LogP contribution in [0.25, 0.3) is 11.5 Å². The molecule has 1 unspecified atom stereocenters. The molecule has 1 N–H and O–H groups in total. The Labute approximate surface area is 207 Å². The SMILES string of the molecule is COc1ccc(CCNC(=O)CS(=O)Cc2nc(-c3ccc(OC)c(OC)c3)oc2C)cc1OC. The fraction of sp³-hybridized carbons (Fsp3) is 0.360. The summed E-state index contributed by atoms with van der Waals surface area (Å²) in [6, 6.07) is 10.9. The van der Waals surface area contributed by atoms with Crippen molar-refractivity contribution in [2.45, 2.75) is 19.1 Å². The van der Waals surface area contributed by atoms with Gasteiger partial charge in [0.1, 0.15) is 11.5 Å². The molecule has 188 valence electrons. The van der Waals surface area contributed by atoms with Gasteiger partial charge in [0.25, 0.3) is 0 Å². The van der Waals surface area contributed by atoms with Crippen LogP contribution in [0.15, 0.2) is 40.8 Å². The smallest absolute Gasteiger partial charge is 0.232 e. The number of benzene rings is 2. The lowest BCUT2D eigenvalue weighted by molar-refractivity contribution is -0.118. The summed E-state index contributed by atoms with van der Waals surface area (Å²) in [6.45, 7) is 2.17.